The van der Waals surface area contributed by atoms with Gasteiger partial charge in [-0.15, -0.1) is 0 Å². The zero-order valence-corrected chi connectivity index (χ0v) is 30.0. The van der Waals surface area contributed by atoms with Crippen molar-refractivity contribution < 1.29 is 0 Å². The molecule has 0 spiro atoms. The normalized spacial score (nSPS) is 11.8. The molecule has 252 valence electrons. The van der Waals surface area contributed by atoms with Gasteiger partial charge < -0.3 is 0 Å². The van der Waals surface area contributed by atoms with E-state index < -0.39 is 0 Å². The van der Waals surface area contributed by atoms with E-state index in [2.05, 4.69) is 142 Å². The predicted octanol–water partition coefficient (Wildman–Crippen LogP) is 14.2. The molecule has 5 rings (SSSR count). The number of aliphatic imine (C=N–C) groups is 2. The van der Waals surface area contributed by atoms with Crippen molar-refractivity contribution in [2.45, 2.75) is 97.8 Å². The van der Waals surface area contributed by atoms with E-state index in [0.29, 0.717) is 0 Å². The van der Waals surface area contributed by atoms with Gasteiger partial charge in [0.2, 0.25) is 0 Å². The van der Waals surface area contributed by atoms with Crippen LogP contribution in [-0.2, 0) is 12.8 Å². The molecule has 0 aliphatic rings. The molecular weight excluding hydrogens is 593 g/mol. The first-order valence-electron chi connectivity index (χ1n) is 18.7. The number of rotatable bonds is 18. The Hall–Kier alpha value is -4.56. The number of hydrogen-bond acceptors (Lipinski definition) is 2. The summed E-state index contributed by atoms with van der Waals surface area (Å²) < 4.78 is 0. The van der Waals surface area contributed by atoms with Crippen molar-refractivity contribution in [1.29, 1.82) is 0 Å². The highest BCUT2D eigenvalue weighted by Crippen LogP contribution is 2.35. The van der Waals surface area contributed by atoms with Gasteiger partial charge in [0.1, 0.15) is 0 Å². The second-order valence-corrected chi connectivity index (χ2v) is 13.3. The van der Waals surface area contributed by atoms with Crippen LogP contribution in [0.25, 0.3) is 33.4 Å². The van der Waals surface area contributed by atoms with E-state index in [1.54, 1.807) is 0 Å². The Balaban J connectivity index is 1.47. The first-order valence-corrected chi connectivity index (χ1v) is 18.7. The summed E-state index contributed by atoms with van der Waals surface area (Å²) >= 11 is 0. The molecule has 0 saturated heterocycles. The first-order chi connectivity index (χ1) is 24.1. The standard InChI is InChI=1S/C47H54N2/c1-4-6-8-10-11-15-29-41-32-45(35-47(40-27-20-14-21-28-40)46(41)30-22-9-7-5-2)49-37(3)36-48-44-33-42(38-23-16-12-17-24-38)31-43(34-44)39-25-18-13-19-26-39/h12-14,16-21,23-28,31-36H,4-11,15,22,29-30H2,1-3H3. The average molecular weight is 647 g/mol. The summed E-state index contributed by atoms with van der Waals surface area (Å²) in [4.78, 5) is 10.2. The van der Waals surface area contributed by atoms with Crippen molar-refractivity contribution in [3.05, 3.63) is 132 Å². The van der Waals surface area contributed by atoms with Crippen molar-refractivity contribution in [3.8, 4) is 33.4 Å². The lowest BCUT2D eigenvalue weighted by atomic mass is 9.88. The van der Waals surface area contributed by atoms with Crippen LogP contribution in [0.3, 0.4) is 0 Å². The molecule has 0 heterocycles. The van der Waals surface area contributed by atoms with Gasteiger partial charge in [-0.2, -0.15) is 0 Å². The summed E-state index contributed by atoms with van der Waals surface area (Å²) in [5.41, 5.74) is 13.1. The zero-order chi connectivity index (χ0) is 34.1. The van der Waals surface area contributed by atoms with Crippen LogP contribution in [0.15, 0.2) is 131 Å². The predicted molar refractivity (Wildman–Crippen MR) is 215 cm³/mol. The van der Waals surface area contributed by atoms with Gasteiger partial charge >= 0.3 is 0 Å². The molecule has 0 bridgehead atoms. The molecule has 0 fully saturated rings. The van der Waals surface area contributed by atoms with E-state index in [4.69, 9.17) is 9.98 Å². The highest BCUT2D eigenvalue weighted by molar-refractivity contribution is 6.30. The zero-order valence-electron chi connectivity index (χ0n) is 30.0. The van der Waals surface area contributed by atoms with Crippen molar-refractivity contribution in [3.63, 3.8) is 0 Å². The van der Waals surface area contributed by atoms with Gasteiger partial charge in [0.15, 0.2) is 0 Å². The fourth-order valence-corrected chi connectivity index (χ4v) is 6.68. The van der Waals surface area contributed by atoms with Gasteiger partial charge in [0, 0.05) is 6.21 Å². The smallest absolute Gasteiger partial charge is 0.0642 e. The largest absolute Gasteiger partial charge is 0.255 e. The molecule has 0 saturated carbocycles. The third kappa shape index (κ3) is 11.0. The maximum Gasteiger partial charge on any atom is 0.0642 e. The number of aryl methyl sites for hydroxylation is 1. The van der Waals surface area contributed by atoms with Crippen LogP contribution in [0.5, 0.6) is 0 Å². The fraction of sp³-hybridized carbons (Fsp3) is 0.319. The monoisotopic (exact) mass is 646 g/mol. The molecule has 0 atom stereocenters. The van der Waals surface area contributed by atoms with Crippen molar-refractivity contribution >= 4 is 23.3 Å². The quantitative estimate of drug-likeness (QED) is 0.0668. The van der Waals surface area contributed by atoms with Gasteiger partial charge in [-0.1, -0.05) is 156 Å². The highest BCUT2D eigenvalue weighted by atomic mass is 14.8. The van der Waals surface area contributed by atoms with E-state index in [9.17, 15) is 0 Å². The summed E-state index contributed by atoms with van der Waals surface area (Å²) in [6.07, 6.45) is 17.1. The molecule has 0 N–H and O–H groups in total. The van der Waals surface area contributed by atoms with Crippen LogP contribution >= 0.6 is 0 Å². The second kappa shape index (κ2) is 19.4. The summed E-state index contributed by atoms with van der Waals surface area (Å²) in [7, 11) is 0. The summed E-state index contributed by atoms with van der Waals surface area (Å²) in [5, 5.41) is 0. The lowest BCUT2D eigenvalue weighted by Crippen LogP contribution is -2.00. The maximum absolute atomic E-state index is 5.17. The van der Waals surface area contributed by atoms with Crippen molar-refractivity contribution in [1.82, 2.24) is 0 Å². The molecule has 0 amide bonds. The third-order valence-electron chi connectivity index (χ3n) is 9.33. The van der Waals surface area contributed by atoms with E-state index in [-0.39, 0.29) is 0 Å². The number of unbranched alkanes of at least 4 members (excludes halogenated alkanes) is 8. The summed E-state index contributed by atoms with van der Waals surface area (Å²) in [6.45, 7) is 6.65. The fourth-order valence-electron chi connectivity index (χ4n) is 6.68. The van der Waals surface area contributed by atoms with Crippen LogP contribution in [0.1, 0.15) is 96.1 Å². The molecule has 0 aromatic heterocycles. The van der Waals surface area contributed by atoms with Crippen molar-refractivity contribution in [2.75, 3.05) is 0 Å². The molecule has 2 heteroatoms. The SMILES string of the molecule is CCCCCCCCc1cc(N=C(C)C=Nc2cc(-c3ccccc3)cc(-c3ccccc3)c2)cc(-c2ccccc2)c1CCCCCC. The Morgan fingerprint density at radius 2 is 1.00 bits per heavy atom. The number of hydrogen-bond donors (Lipinski definition) is 0. The minimum atomic E-state index is 0.895. The Kier molecular flexibility index (Phi) is 14.2. The molecule has 2 nitrogen and oxygen atoms in total. The number of nitrogens with zero attached hydrogens (tertiary/aromatic N) is 2. The maximum atomic E-state index is 5.17. The number of benzene rings is 5. The Morgan fingerprint density at radius 3 is 1.59 bits per heavy atom. The van der Waals surface area contributed by atoms with Gasteiger partial charge in [-0.25, -0.2) is 0 Å². The van der Waals surface area contributed by atoms with Gasteiger partial charge in [-0.05, 0) is 107 Å². The first kappa shape index (κ1) is 35.7. The molecule has 0 aliphatic carbocycles. The van der Waals surface area contributed by atoms with E-state index in [0.717, 1.165) is 41.1 Å². The van der Waals surface area contributed by atoms with Crippen molar-refractivity contribution in [2.24, 2.45) is 9.98 Å². The van der Waals surface area contributed by atoms with Crippen LogP contribution in [0.4, 0.5) is 11.4 Å². The molecule has 5 aromatic rings. The molecule has 5 aromatic carbocycles. The van der Waals surface area contributed by atoms with Gasteiger partial charge in [0.05, 0.1) is 17.1 Å². The van der Waals surface area contributed by atoms with E-state index in [1.165, 1.54) is 97.6 Å². The van der Waals surface area contributed by atoms with E-state index >= 15 is 0 Å². The Labute approximate surface area is 296 Å². The molecule has 49 heavy (non-hydrogen) atoms. The van der Waals surface area contributed by atoms with Crippen LogP contribution in [-0.4, -0.2) is 11.9 Å². The van der Waals surface area contributed by atoms with Crippen LogP contribution in [0, 0.1) is 0 Å². The van der Waals surface area contributed by atoms with Crippen LogP contribution < -0.4 is 0 Å². The molecular formula is C47H54N2. The van der Waals surface area contributed by atoms with Gasteiger partial charge in [0.25, 0.3) is 0 Å². The second-order valence-electron chi connectivity index (χ2n) is 13.3. The lowest BCUT2D eigenvalue weighted by Gasteiger charge is -2.17. The molecule has 0 radical (unpaired) electrons. The highest BCUT2D eigenvalue weighted by Gasteiger charge is 2.13. The average Bonchev–Trinajstić information content (AvgIpc) is 3.15. The minimum Gasteiger partial charge on any atom is -0.255 e. The Morgan fingerprint density at radius 1 is 0.490 bits per heavy atom. The third-order valence-corrected chi connectivity index (χ3v) is 9.33. The Bertz CT molecular complexity index is 1710. The topological polar surface area (TPSA) is 24.7 Å². The molecule has 0 unspecified atom stereocenters. The van der Waals surface area contributed by atoms with Gasteiger partial charge in [-0.3, -0.25) is 9.98 Å². The lowest BCUT2D eigenvalue weighted by molar-refractivity contribution is 0.605. The summed E-state index contributed by atoms with van der Waals surface area (Å²) in [5.74, 6) is 0. The molecule has 0 aliphatic heterocycles. The summed E-state index contributed by atoms with van der Waals surface area (Å²) in [6, 6.07) is 43.3. The minimum absolute atomic E-state index is 0.895. The van der Waals surface area contributed by atoms with Crippen LogP contribution in [0.2, 0.25) is 0 Å². The van der Waals surface area contributed by atoms with E-state index in [1.807, 2.05) is 6.21 Å².